The van der Waals surface area contributed by atoms with E-state index in [9.17, 15) is 4.79 Å². The SMILES string of the molecule is COc1ccccc1OCC(=O)NCC(c1ccc(C(C)(C)C)cc1)N1CCCC1.Cl. The molecule has 1 aliphatic heterocycles. The molecule has 5 nitrogen and oxygen atoms in total. The summed E-state index contributed by atoms with van der Waals surface area (Å²) in [6.07, 6.45) is 2.42. The summed E-state index contributed by atoms with van der Waals surface area (Å²) < 4.78 is 10.9. The molecule has 1 amide bonds. The first-order valence-electron chi connectivity index (χ1n) is 10.8. The Balaban J connectivity index is 0.00000341. The maximum Gasteiger partial charge on any atom is 0.258 e. The second-order valence-corrected chi connectivity index (χ2v) is 8.87. The number of nitrogens with zero attached hydrogens (tertiary/aromatic N) is 1. The average molecular weight is 447 g/mol. The third kappa shape index (κ3) is 6.88. The van der Waals surface area contributed by atoms with E-state index >= 15 is 0 Å². The van der Waals surface area contributed by atoms with Crippen LogP contribution in [0, 0.1) is 0 Å². The Morgan fingerprint density at radius 2 is 1.65 bits per heavy atom. The van der Waals surface area contributed by atoms with Crippen LogP contribution in [0.25, 0.3) is 0 Å². The number of ether oxygens (including phenoxy) is 2. The lowest BCUT2D eigenvalue weighted by molar-refractivity contribution is -0.123. The molecular weight excluding hydrogens is 412 g/mol. The van der Waals surface area contributed by atoms with Crippen molar-refractivity contribution in [3.63, 3.8) is 0 Å². The van der Waals surface area contributed by atoms with E-state index in [-0.39, 0.29) is 36.4 Å². The van der Waals surface area contributed by atoms with Gasteiger partial charge in [0.1, 0.15) is 0 Å². The molecule has 1 saturated heterocycles. The Morgan fingerprint density at radius 1 is 1.03 bits per heavy atom. The first-order valence-corrected chi connectivity index (χ1v) is 10.8. The summed E-state index contributed by atoms with van der Waals surface area (Å²) in [6.45, 7) is 9.35. The number of halogens is 1. The molecule has 31 heavy (non-hydrogen) atoms. The number of amides is 1. The topological polar surface area (TPSA) is 50.8 Å². The zero-order chi connectivity index (χ0) is 21.6. The maximum absolute atomic E-state index is 12.5. The van der Waals surface area contributed by atoms with Crippen LogP contribution < -0.4 is 14.8 Å². The molecular formula is C25H35ClN2O3. The quantitative estimate of drug-likeness (QED) is 0.635. The molecule has 1 unspecified atom stereocenters. The van der Waals surface area contributed by atoms with E-state index in [4.69, 9.17) is 9.47 Å². The number of carbonyl (C=O) groups is 1. The van der Waals surface area contributed by atoms with Gasteiger partial charge in [-0.1, -0.05) is 57.2 Å². The van der Waals surface area contributed by atoms with Crippen molar-refractivity contribution in [1.82, 2.24) is 10.2 Å². The van der Waals surface area contributed by atoms with Crippen LogP contribution >= 0.6 is 12.4 Å². The molecule has 2 aromatic rings. The van der Waals surface area contributed by atoms with Crippen molar-refractivity contribution < 1.29 is 14.3 Å². The van der Waals surface area contributed by atoms with Crippen molar-refractivity contribution in [2.24, 2.45) is 0 Å². The summed E-state index contributed by atoms with van der Waals surface area (Å²) in [4.78, 5) is 14.9. The number of methoxy groups -OCH3 is 1. The standard InChI is InChI=1S/C25H34N2O3.ClH/c1-25(2,3)20-13-11-19(12-14-20)21(27-15-7-8-16-27)17-26-24(28)18-30-23-10-6-5-9-22(23)29-4;/h5-6,9-14,21H,7-8,15-18H2,1-4H3,(H,26,28);1H. The van der Waals surface area contributed by atoms with Crippen molar-refractivity contribution in [2.75, 3.05) is 33.4 Å². The molecule has 6 heteroatoms. The lowest BCUT2D eigenvalue weighted by atomic mass is 9.86. The van der Waals surface area contributed by atoms with E-state index in [1.165, 1.54) is 24.0 Å². The molecule has 0 aliphatic carbocycles. The maximum atomic E-state index is 12.5. The van der Waals surface area contributed by atoms with Gasteiger partial charge in [0.15, 0.2) is 18.1 Å². The van der Waals surface area contributed by atoms with Crippen LogP contribution in [0.1, 0.15) is 50.8 Å². The van der Waals surface area contributed by atoms with E-state index in [2.05, 4.69) is 55.3 Å². The number of hydrogen-bond acceptors (Lipinski definition) is 4. The van der Waals surface area contributed by atoms with Gasteiger partial charge >= 0.3 is 0 Å². The van der Waals surface area contributed by atoms with E-state index in [0.29, 0.717) is 18.0 Å². The van der Waals surface area contributed by atoms with E-state index in [1.54, 1.807) is 13.2 Å². The monoisotopic (exact) mass is 446 g/mol. The summed E-state index contributed by atoms with van der Waals surface area (Å²) in [6, 6.07) is 16.4. The summed E-state index contributed by atoms with van der Waals surface area (Å²) >= 11 is 0. The number of benzene rings is 2. The Kier molecular flexibility index (Phi) is 9.20. The van der Waals surface area contributed by atoms with E-state index in [0.717, 1.165) is 13.1 Å². The van der Waals surface area contributed by atoms with Gasteiger partial charge in [-0.25, -0.2) is 0 Å². The Morgan fingerprint density at radius 3 is 2.23 bits per heavy atom. The number of rotatable bonds is 8. The molecule has 1 heterocycles. The Hall–Kier alpha value is -2.24. The van der Waals surface area contributed by atoms with Crippen molar-refractivity contribution in [1.29, 1.82) is 0 Å². The van der Waals surface area contributed by atoms with E-state index in [1.807, 2.05) is 18.2 Å². The van der Waals surface area contributed by atoms with Gasteiger partial charge in [0.05, 0.1) is 13.2 Å². The molecule has 170 valence electrons. The van der Waals surface area contributed by atoms with E-state index < -0.39 is 0 Å². The lowest BCUT2D eigenvalue weighted by Gasteiger charge is -2.29. The predicted molar refractivity (Wildman–Crippen MR) is 127 cm³/mol. The number of nitrogens with one attached hydrogen (secondary N) is 1. The molecule has 1 aliphatic rings. The van der Waals surface area contributed by atoms with Crippen molar-refractivity contribution in [3.05, 3.63) is 59.7 Å². The fraction of sp³-hybridized carbons (Fsp3) is 0.480. The largest absolute Gasteiger partial charge is 0.493 e. The highest BCUT2D eigenvalue weighted by molar-refractivity contribution is 5.85. The van der Waals surface area contributed by atoms with Crippen LogP contribution in [-0.4, -0.2) is 44.2 Å². The number of likely N-dealkylation sites (tertiary alicyclic amines) is 1. The fourth-order valence-electron chi connectivity index (χ4n) is 3.86. The summed E-state index contributed by atoms with van der Waals surface area (Å²) in [5.41, 5.74) is 2.70. The van der Waals surface area contributed by atoms with Crippen molar-refractivity contribution >= 4 is 18.3 Å². The van der Waals surface area contributed by atoms with Crippen LogP contribution in [0.3, 0.4) is 0 Å². The summed E-state index contributed by atoms with van der Waals surface area (Å²) in [5.74, 6) is 1.07. The highest BCUT2D eigenvalue weighted by atomic mass is 35.5. The van der Waals surface area contributed by atoms with Gasteiger partial charge in [-0.2, -0.15) is 0 Å². The minimum absolute atomic E-state index is 0. The first-order chi connectivity index (χ1) is 14.4. The lowest BCUT2D eigenvalue weighted by Crippen LogP contribution is -2.38. The van der Waals surface area contributed by atoms with Crippen LogP contribution in [0.4, 0.5) is 0 Å². The highest BCUT2D eigenvalue weighted by Crippen LogP contribution is 2.28. The molecule has 0 aromatic heterocycles. The fourth-order valence-corrected chi connectivity index (χ4v) is 3.86. The second kappa shape index (κ2) is 11.4. The average Bonchev–Trinajstić information content (AvgIpc) is 3.27. The third-order valence-corrected chi connectivity index (χ3v) is 5.66. The highest BCUT2D eigenvalue weighted by Gasteiger charge is 2.24. The zero-order valence-electron chi connectivity index (χ0n) is 19.0. The van der Waals surface area contributed by atoms with Crippen LogP contribution in [0.2, 0.25) is 0 Å². The second-order valence-electron chi connectivity index (χ2n) is 8.87. The molecule has 1 N–H and O–H groups in total. The minimum atomic E-state index is -0.128. The van der Waals surface area contributed by atoms with Gasteiger partial charge in [0.2, 0.25) is 0 Å². The molecule has 0 radical (unpaired) electrons. The Bertz CT molecular complexity index is 827. The minimum Gasteiger partial charge on any atom is -0.493 e. The summed E-state index contributed by atoms with van der Waals surface area (Å²) in [7, 11) is 1.59. The first kappa shape index (κ1) is 25.0. The summed E-state index contributed by atoms with van der Waals surface area (Å²) in [5, 5.41) is 3.06. The molecule has 1 atom stereocenters. The van der Waals surface area contributed by atoms with Crippen molar-refractivity contribution in [3.8, 4) is 11.5 Å². The zero-order valence-corrected chi connectivity index (χ0v) is 19.8. The molecule has 3 rings (SSSR count). The Labute approximate surface area is 192 Å². The van der Waals surface area contributed by atoms with Gasteiger partial charge in [0.25, 0.3) is 5.91 Å². The number of hydrogen-bond donors (Lipinski definition) is 1. The van der Waals surface area contributed by atoms with Gasteiger partial charge in [-0.3, -0.25) is 9.69 Å². The molecule has 0 spiro atoms. The van der Waals surface area contributed by atoms with Gasteiger partial charge in [0, 0.05) is 6.54 Å². The van der Waals surface area contributed by atoms with Crippen molar-refractivity contribution in [2.45, 2.75) is 45.1 Å². The molecule has 0 bridgehead atoms. The van der Waals surface area contributed by atoms with Gasteiger partial charge in [-0.05, 0) is 54.6 Å². The van der Waals surface area contributed by atoms with Gasteiger partial charge < -0.3 is 14.8 Å². The molecule has 0 saturated carbocycles. The number of carbonyl (C=O) groups excluding carboxylic acids is 1. The molecule has 1 fully saturated rings. The molecule has 2 aromatic carbocycles. The number of para-hydroxylation sites is 2. The van der Waals surface area contributed by atoms with Crippen LogP contribution in [-0.2, 0) is 10.2 Å². The van der Waals surface area contributed by atoms with Gasteiger partial charge in [-0.15, -0.1) is 12.4 Å². The normalized spacial score (nSPS) is 15.1. The third-order valence-electron chi connectivity index (χ3n) is 5.66. The predicted octanol–water partition coefficient (Wildman–Crippen LogP) is 4.75. The van der Waals surface area contributed by atoms with Crippen LogP contribution in [0.15, 0.2) is 48.5 Å². The smallest absolute Gasteiger partial charge is 0.258 e. The van der Waals surface area contributed by atoms with Crippen LogP contribution in [0.5, 0.6) is 11.5 Å².